The van der Waals surface area contributed by atoms with E-state index in [2.05, 4.69) is 24.2 Å². The molecule has 5 heteroatoms. The number of ether oxygens (including phenoxy) is 2. The molecule has 0 bridgehead atoms. The lowest BCUT2D eigenvalue weighted by molar-refractivity contribution is 0.0722. The van der Waals surface area contributed by atoms with Crippen LogP contribution < -0.4 is 5.73 Å². The molecular formula is C13H24N2O2S. The minimum absolute atomic E-state index is 0.00561. The molecular weight excluding hydrogens is 248 g/mol. The summed E-state index contributed by atoms with van der Waals surface area (Å²) in [6.07, 6.45) is 1.87. The van der Waals surface area contributed by atoms with E-state index in [1.54, 1.807) is 18.4 Å². The molecule has 0 amide bonds. The van der Waals surface area contributed by atoms with Gasteiger partial charge in [0, 0.05) is 30.9 Å². The van der Waals surface area contributed by atoms with Crippen LogP contribution in [0.3, 0.4) is 0 Å². The van der Waals surface area contributed by atoms with E-state index in [4.69, 9.17) is 15.2 Å². The monoisotopic (exact) mass is 272 g/mol. The van der Waals surface area contributed by atoms with Crippen molar-refractivity contribution < 1.29 is 9.47 Å². The number of hydrogen-bond donors (Lipinski definition) is 1. The highest BCUT2D eigenvalue weighted by atomic mass is 32.1. The van der Waals surface area contributed by atoms with Crippen LogP contribution in [0.1, 0.15) is 31.0 Å². The first-order chi connectivity index (χ1) is 8.66. The van der Waals surface area contributed by atoms with Crippen molar-refractivity contribution >= 4 is 11.3 Å². The first kappa shape index (κ1) is 15.6. The van der Waals surface area contributed by atoms with Crippen molar-refractivity contribution in [1.29, 1.82) is 0 Å². The maximum absolute atomic E-state index is 5.84. The lowest BCUT2D eigenvalue weighted by Crippen LogP contribution is -2.31. The van der Waals surface area contributed by atoms with E-state index in [-0.39, 0.29) is 5.41 Å². The second kappa shape index (κ2) is 7.84. The Balaban J connectivity index is 2.43. The number of methoxy groups -OCH3 is 1. The smallest absolute Gasteiger partial charge is 0.0951 e. The molecule has 104 valence electrons. The summed E-state index contributed by atoms with van der Waals surface area (Å²) in [7, 11) is 1.68. The summed E-state index contributed by atoms with van der Waals surface area (Å²) in [5, 5.41) is 3.25. The molecule has 1 unspecified atom stereocenters. The fourth-order valence-corrected chi connectivity index (χ4v) is 2.47. The average Bonchev–Trinajstić information content (AvgIpc) is 2.87. The molecule has 0 aromatic carbocycles. The standard InChI is InChI=1S/C13H24N2O2S/c1-4-13(2,10-14)11-9-18-12(15-11)5-6-17-8-7-16-3/h9H,4-8,10,14H2,1-3H3. The molecule has 0 aliphatic carbocycles. The van der Waals surface area contributed by atoms with E-state index in [1.165, 1.54) is 0 Å². The largest absolute Gasteiger partial charge is 0.382 e. The maximum atomic E-state index is 5.84. The third-order valence-electron chi connectivity index (χ3n) is 3.29. The van der Waals surface area contributed by atoms with E-state index in [0.717, 1.165) is 23.5 Å². The van der Waals surface area contributed by atoms with E-state index in [9.17, 15) is 0 Å². The molecule has 1 aromatic rings. The zero-order valence-electron chi connectivity index (χ0n) is 11.6. The Kier molecular flexibility index (Phi) is 6.78. The predicted octanol–water partition coefficient (Wildman–Crippen LogP) is 1.97. The minimum Gasteiger partial charge on any atom is -0.382 e. The normalized spacial score (nSPS) is 14.7. The third-order valence-corrected chi connectivity index (χ3v) is 4.20. The summed E-state index contributed by atoms with van der Waals surface area (Å²) >= 11 is 1.69. The van der Waals surface area contributed by atoms with Gasteiger partial charge in [0.2, 0.25) is 0 Å². The van der Waals surface area contributed by atoms with Gasteiger partial charge in [-0.25, -0.2) is 4.98 Å². The predicted molar refractivity (Wildman–Crippen MR) is 75.2 cm³/mol. The average molecular weight is 272 g/mol. The number of rotatable bonds is 9. The van der Waals surface area contributed by atoms with Gasteiger partial charge in [0.05, 0.1) is 30.5 Å². The molecule has 4 nitrogen and oxygen atoms in total. The van der Waals surface area contributed by atoms with Crippen LogP contribution in [0.4, 0.5) is 0 Å². The van der Waals surface area contributed by atoms with Crippen LogP contribution in [0.15, 0.2) is 5.38 Å². The van der Waals surface area contributed by atoms with Crippen LogP contribution in [-0.2, 0) is 21.3 Å². The molecule has 0 aliphatic rings. The van der Waals surface area contributed by atoms with Crippen LogP contribution in [0, 0.1) is 0 Å². The van der Waals surface area contributed by atoms with E-state index < -0.39 is 0 Å². The summed E-state index contributed by atoms with van der Waals surface area (Å²) < 4.78 is 10.4. The molecule has 1 rings (SSSR count). The lowest BCUT2D eigenvalue weighted by Gasteiger charge is -2.23. The number of nitrogens with zero attached hydrogens (tertiary/aromatic N) is 1. The SMILES string of the molecule is CCC(C)(CN)c1csc(CCOCCOC)n1. The topological polar surface area (TPSA) is 57.4 Å². The van der Waals surface area contributed by atoms with Crippen molar-refractivity contribution in [2.75, 3.05) is 33.5 Å². The van der Waals surface area contributed by atoms with Crippen molar-refractivity contribution in [3.8, 4) is 0 Å². The Morgan fingerprint density at radius 2 is 2.17 bits per heavy atom. The fraction of sp³-hybridized carbons (Fsp3) is 0.769. The van der Waals surface area contributed by atoms with Gasteiger partial charge in [-0.05, 0) is 6.42 Å². The van der Waals surface area contributed by atoms with Gasteiger partial charge < -0.3 is 15.2 Å². The van der Waals surface area contributed by atoms with Gasteiger partial charge in [0.1, 0.15) is 0 Å². The second-order valence-corrected chi connectivity index (χ2v) is 5.54. The van der Waals surface area contributed by atoms with Crippen LogP contribution >= 0.6 is 11.3 Å². The van der Waals surface area contributed by atoms with Crippen molar-refractivity contribution in [1.82, 2.24) is 4.98 Å². The molecule has 0 fully saturated rings. The number of hydrogen-bond acceptors (Lipinski definition) is 5. The summed E-state index contributed by atoms with van der Waals surface area (Å²) in [5.41, 5.74) is 6.96. The summed E-state index contributed by atoms with van der Waals surface area (Å²) in [4.78, 5) is 4.67. The van der Waals surface area contributed by atoms with Gasteiger partial charge in [-0.15, -0.1) is 11.3 Å². The van der Waals surface area contributed by atoms with Crippen LogP contribution in [0.2, 0.25) is 0 Å². The Bertz CT molecular complexity index is 337. The molecule has 0 aliphatic heterocycles. The molecule has 1 atom stereocenters. The Morgan fingerprint density at radius 3 is 2.78 bits per heavy atom. The molecule has 1 heterocycles. The number of aromatic nitrogens is 1. The highest BCUT2D eigenvalue weighted by Gasteiger charge is 2.25. The fourth-order valence-electron chi connectivity index (χ4n) is 1.54. The van der Waals surface area contributed by atoms with Gasteiger partial charge in [0.15, 0.2) is 0 Å². The highest BCUT2D eigenvalue weighted by Crippen LogP contribution is 2.27. The van der Waals surface area contributed by atoms with Crippen molar-refractivity contribution in [3.05, 3.63) is 16.1 Å². The van der Waals surface area contributed by atoms with Gasteiger partial charge in [-0.3, -0.25) is 0 Å². The summed E-state index contributed by atoms with van der Waals surface area (Å²) in [6.45, 7) is 6.94. The minimum atomic E-state index is 0.00561. The summed E-state index contributed by atoms with van der Waals surface area (Å²) in [5.74, 6) is 0. The summed E-state index contributed by atoms with van der Waals surface area (Å²) in [6, 6.07) is 0. The van der Waals surface area contributed by atoms with Gasteiger partial charge >= 0.3 is 0 Å². The van der Waals surface area contributed by atoms with Crippen molar-refractivity contribution in [2.45, 2.75) is 32.1 Å². The zero-order chi connectivity index (χ0) is 13.4. The molecule has 0 radical (unpaired) electrons. The van der Waals surface area contributed by atoms with Crippen LogP contribution in [0.5, 0.6) is 0 Å². The molecule has 18 heavy (non-hydrogen) atoms. The van der Waals surface area contributed by atoms with Crippen molar-refractivity contribution in [2.24, 2.45) is 5.73 Å². The molecule has 1 aromatic heterocycles. The second-order valence-electron chi connectivity index (χ2n) is 4.60. The Morgan fingerprint density at radius 1 is 1.39 bits per heavy atom. The lowest BCUT2D eigenvalue weighted by atomic mass is 9.85. The quantitative estimate of drug-likeness (QED) is 0.698. The van der Waals surface area contributed by atoms with Crippen molar-refractivity contribution in [3.63, 3.8) is 0 Å². The zero-order valence-corrected chi connectivity index (χ0v) is 12.4. The molecule has 0 saturated heterocycles. The Hall–Kier alpha value is -0.490. The first-order valence-electron chi connectivity index (χ1n) is 6.38. The number of nitrogens with two attached hydrogens (primary N) is 1. The third kappa shape index (κ3) is 4.31. The van der Waals surface area contributed by atoms with E-state index in [0.29, 0.717) is 26.4 Å². The molecule has 2 N–H and O–H groups in total. The van der Waals surface area contributed by atoms with Crippen LogP contribution in [-0.4, -0.2) is 38.5 Å². The Labute approximate surface area is 114 Å². The maximum Gasteiger partial charge on any atom is 0.0951 e. The molecule has 0 spiro atoms. The molecule has 0 saturated carbocycles. The highest BCUT2D eigenvalue weighted by molar-refractivity contribution is 7.09. The van der Waals surface area contributed by atoms with Crippen LogP contribution in [0.25, 0.3) is 0 Å². The van der Waals surface area contributed by atoms with Gasteiger partial charge in [-0.1, -0.05) is 13.8 Å². The van der Waals surface area contributed by atoms with E-state index >= 15 is 0 Å². The van der Waals surface area contributed by atoms with E-state index in [1.807, 2.05) is 0 Å². The van der Waals surface area contributed by atoms with Gasteiger partial charge in [0.25, 0.3) is 0 Å². The first-order valence-corrected chi connectivity index (χ1v) is 7.26. The number of thiazole rings is 1. The van der Waals surface area contributed by atoms with Gasteiger partial charge in [-0.2, -0.15) is 0 Å².